The van der Waals surface area contributed by atoms with Gasteiger partial charge in [-0.3, -0.25) is 10.1 Å². The van der Waals surface area contributed by atoms with Crippen molar-refractivity contribution >= 4 is 44.9 Å². The lowest BCUT2D eigenvalue weighted by atomic mass is 10.2. The number of nitrogens with one attached hydrogen (secondary N) is 2. The van der Waals surface area contributed by atoms with Crippen molar-refractivity contribution < 1.29 is 4.79 Å². The number of para-hydroxylation sites is 1. The third kappa shape index (κ3) is 1.87. The molecule has 0 aliphatic carbocycles. The van der Waals surface area contributed by atoms with Crippen LogP contribution in [0.1, 0.15) is 10.5 Å². The fraction of sp³-hybridized carbons (Fsp3) is 0. The summed E-state index contributed by atoms with van der Waals surface area (Å²) >= 11 is 7.54. The van der Waals surface area contributed by atoms with E-state index in [9.17, 15) is 4.79 Å². The van der Waals surface area contributed by atoms with Gasteiger partial charge in [0.05, 0.1) is 5.02 Å². The Labute approximate surface area is 112 Å². The van der Waals surface area contributed by atoms with Crippen LogP contribution in [0.25, 0.3) is 10.9 Å². The van der Waals surface area contributed by atoms with E-state index < -0.39 is 0 Å². The molecular formula is C12H8ClN3OS. The first kappa shape index (κ1) is 11.3. The minimum atomic E-state index is -0.286. The second-order valence-electron chi connectivity index (χ2n) is 3.65. The minimum Gasteiger partial charge on any atom is -0.349 e. The van der Waals surface area contributed by atoms with Crippen molar-refractivity contribution in [1.29, 1.82) is 0 Å². The zero-order chi connectivity index (χ0) is 12.5. The van der Waals surface area contributed by atoms with E-state index in [-0.39, 0.29) is 5.91 Å². The van der Waals surface area contributed by atoms with E-state index in [1.54, 1.807) is 11.6 Å². The van der Waals surface area contributed by atoms with Crippen molar-refractivity contribution in [3.05, 3.63) is 46.6 Å². The number of thiazole rings is 1. The Bertz CT molecular complexity index is 705. The fourth-order valence-electron chi connectivity index (χ4n) is 1.71. The number of fused-ring (bicyclic) bond motifs is 1. The highest BCUT2D eigenvalue weighted by atomic mass is 35.5. The molecule has 0 saturated carbocycles. The summed E-state index contributed by atoms with van der Waals surface area (Å²) in [6, 6.07) is 7.51. The molecule has 0 atom stereocenters. The lowest BCUT2D eigenvalue weighted by Gasteiger charge is -1.99. The number of aromatic nitrogens is 2. The number of carbonyl (C=O) groups excluding carboxylic acids is 1. The van der Waals surface area contributed by atoms with Gasteiger partial charge < -0.3 is 4.98 Å². The Morgan fingerprint density at radius 1 is 1.39 bits per heavy atom. The topological polar surface area (TPSA) is 57.8 Å². The summed E-state index contributed by atoms with van der Waals surface area (Å²) in [6.07, 6.45) is 1.63. The number of nitrogens with zero attached hydrogens (tertiary/aromatic N) is 1. The van der Waals surface area contributed by atoms with Crippen molar-refractivity contribution in [3.63, 3.8) is 0 Å². The van der Waals surface area contributed by atoms with Gasteiger partial charge in [0.1, 0.15) is 5.69 Å². The molecule has 0 radical (unpaired) electrons. The Morgan fingerprint density at radius 2 is 2.22 bits per heavy atom. The molecule has 0 spiro atoms. The summed E-state index contributed by atoms with van der Waals surface area (Å²) in [5.74, 6) is -0.286. The Balaban J connectivity index is 1.99. The molecule has 0 aliphatic rings. The first-order valence-corrected chi connectivity index (χ1v) is 6.48. The molecule has 0 saturated heterocycles. The van der Waals surface area contributed by atoms with E-state index in [4.69, 9.17) is 11.6 Å². The van der Waals surface area contributed by atoms with E-state index in [0.717, 1.165) is 10.9 Å². The molecule has 4 nitrogen and oxygen atoms in total. The first-order chi connectivity index (χ1) is 8.75. The first-order valence-electron chi connectivity index (χ1n) is 5.23. The number of anilines is 1. The van der Waals surface area contributed by atoms with Crippen molar-refractivity contribution in [2.75, 3.05) is 5.32 Å². The van der Waals surface area contributed by atoms with E-state index in [1.165, 1.54) is 11.3 Å². The van der Waals surface area contributed by atoms with Crippen LogP contribution in [-0.4, -0.2) is 15.9 Å². The van der Waals surface area contributed by atoms with Crippen LogP contribution in [0.15, 0.2) is 35.8 Å². The second-order valence-corrected chi connectivity index (χ2v) is 4.92. The van der Waals surface area contributed by atoms with Crippen molar-refractivity contribution in [2.24, 2.45) is 0 Å². The van der Waals surface area contributed by atoms with Gasteiger partial charge in [0.25, 0.3) is 5.91 Å². The Morgan fingerprint density at radius 3 is 2.94 bits per heavy atom. The second kappa shape index (κ2) is 4.44. The number of benzene rings is 1. The highest BCUT2D eigenvalue weighted by molar-refractivity contribution is 7.13. The molecule has 1 aromatic carbocycles. The number of hydrogen-bond acceptors (Lipinski definition) is 3. The van der Waals surface area contributed by atoms with E-state index in [0.29, 0.717) is 15.8 Å². The van der Waals surface area contributed by atoms with Gasteiger partial charge in [0.15, 0.2) is 5.13 Å². The molecule has 1 amide bonds. The smallest absolute Gasteiger partial charge is 0.275 e. The van der Waals surface area contributed by atoms with Crippen LogP contribution in [0, 0.1) is 0 Å². The zero-order valence-electron chi connectivity index (χ0n) is 9.11. The molecule has 6 heteroatoms. The predicted molar refractivity (Wildman–Crippen MR) is 73.4 cm³/mol. The van der Waals surface area contributed by atoms with E-state index >= 15 is 0 Å². The summed E-state index contributed by atoms with van der Waals surface area (Å²) in [6.45, 7) is 0. The van der Waals surface area contributed by atoms with Gasteiger partial charge in [-0.05, 0) is 6.07 Å². The number of H-pyrrole nitrogens is 1. The normalized spacial score (nSPS) is 10.7. The summed E-state index contributed by atoms with van der Waals surface area (Å²) in [7, 11) is 0. The third-order valence-corrected chi connectivity index (χ3v) is 3.60. The SMILES string of the molecule is O=C(Nc1nccs1)c1[nH]c2ccccc2c1Cl. The molecule has 0 aliphatic heterocycles. The number of aromatic amines is 1. The van der Waals surface area contributed by atoms with Gasteiger partial charge in [-0.1, -0.05) is 29.8 Å². The number of hydrogen-bond donors (Lipinski definition) is 2. The lowest BCUT2D eigenvalue weighted by molar-refractivity contribution is 0.102. The Kier molecular flexibility index (Phi) is 2.77. The predicted octanol–water partition coefficient (Wildman–Crippen LogP) is 3.53. The van der Waals surface area contributed by atoms with Gasteiger partial charge in [0, 0.05) is 22.5 Å². The number of rotatable bonds is 2. The highest BCUT2D eigenvalue weighted by Crippen LogP contribution is 2.27. The fourth-order valence-corrected chi connectivity index (χ4v) is 2.53. The average molecular weight is 278 g/mol. The highest BCUT2D eigenvalue weighted by Gasteiger charge is 2.16. The van der Waals surface area contributed by atoms with Gasteiger partial charge >= 0.3 is 0 Å². The van der Waals surface area contributed by atoms with Crippen molar-refractivity contribution in [2.45, 2.75) is 0 Å². The molecule has 3 aromatic rings. The molecule has 0 fully saturated rings. The quantitative estimate of drug-likeness (QED) is 0.753. The maximum atomic E-state index is 12.0. The summed E-state index contributed by atoms with van der Waals surface area (Å²) < 4.78 is 0. The molecule has 3 rings (SSSR count). The van der Waals surface area contributed by atoms with Gasteiger partial charge in [-0.2, -0.15) is 0 Å². The lowest BCUT2D eigenvalue weighted by Crippen LogP contribution is -2.12. The van der Waals surface area contributed by atoms with E-state index in [1.807, 2.05) is 24.3 Å². The summed E-state index contributed by atoms with van der Waals surface area (Å²) in [4.78, 5) is 19.0. The van der Waals surface area contributed by atoms with E-state index in [2.05, 4.69) is 15.3 Å². The maximum absolute atomic E-state index is 12.0. The zero-order valence-corrected chi connectivity index (χ0v) is 10.7. The van der Waals surface area contributed by atoms with Crippen LogP contribution in [0.3, 0.4) is 0 Å². The van der Waals surface area contributed by atoms with Crippen molar-refractivity contribution in [1.82, 2.24) is 9.97 Å². The van der Waals surface area contributed by atoms with Crippen molar-refractivity contribution in [3.8, 4) is 0 Å². The van der Waals surface area contributed by atoms with Gasteiger partial charge in [-0.15, -0.1) is 11.3 Å². The third-order valence-electron chi connectivity index (χ3n) is 2.52. The van der Waals surface area contributed by atoms with Crippen LogP contribution >= 0.6 is 22.9 Å². The molecule has 2 N–H and O–H groups in total. The molecule has 2 heterocycles. The molecule has 2 aromatic heterocycles. The van der Waals surface area contributed by atoms with Crippen LogP contribution in [0.2, 0.25) is 5.02 Å². The van der Waals surface area contributed by atoms with Crippen LogP contribution < -0.4 is 5.32 Å². The molecule has 0 bridgehead atoms. The van der Waals surface area contributed by atoms with Crippen LogP contribution in [-0.2, 0) is 0 Å². The maximum Gasteiger partial charge on any atom is 0.275 e. The number of halogens is 1. The van der Waals surface area contributed by atoms with Crippen LogP contribution in [0.4, 0.5) is 5.13 Å². The standard InChI is InChI=1S/C12H8ClN3OS/c13-9-7-3-1-2-4-8(7)15-10(9)11(17)16-12-14-5-6-18-12/h1-6,15H,(H,14,16,17). The minimum absolute atomic E-state index is 0.286. The summed E-state index contributed by atoms with van der Waals surface area (Å²) in [5, 5.41) is 6.30. The molecule has 18 heavy (non-hydrogen) atoms. The molecule has 0 unspecified atom stereocenters. The van der Waals surface area contributed by atoms with Crippen LogP contribution in [0.5, 0.6) is 0 Å². The van der Waals surface area contributed by atoms with Gasteiger partial charge in [-0.25, -0.2) is 4.98 Å². The number of carbonyl (C=O) groups is 1. The number of amides is 1. The molecule has 90 valence electrons. The largest absolute Gasteiger partial charge is 0.349 e. The monoisotopic (exact) mass is 277 g/mol. The summed E-state index contributed by atoms with van der Waals surface area (Å²) in [5.41, 5.74) is 1.19. The van der Waals surface area contributed by atoms with Gasteiger partial charge in [0.2, 0.25) is 0 Å². The molecular weight excluding hydrogens is 270 g/mol. The average Bonchev–Trinajstić information content (AvgIpc) is 2.98. The Hall–Kier alpha value is -1.85.